The van der Waals surface area contributed by atoms with Gasteiger partial charge in [-0.15, -0.1) is 0 Å². The van der Waals surface area contributed by atoms with Gasteiger partial charge in [-0.2, -0.15) is 0 Å². The summed E-state index contributed by atoms with van der Waals surface area (Å²) >= 11 is 0. The van der Waals surface area contributed by atoms with E-state index in [0.717, 1.165) is 11.3 Å². The number of aryl methyl sites for hydroxylation is 2. The van der Waals surface area contributed by atoms with E-state index in [0.29, 0.717) is 17.2 Å². The third kappa shape index (κ3) is 4.16. The molecule has 0 heterocycles. The number of ether oxygens (including phenoxy) is 3. The van der Waals surface area contributed by atoms with Crippen LogP contribution in [0.3, 0.4) is 0 Å². The highest BCUT2D eigenvalue weighted by Gasteiger charge is 2.12. The minimum Gasteiger partial charge on any atom is -0.493 e. The van der Waals surface area contributed by atoms with Crippen LogP contribution in [-0.4, -0.2) is 26.7 Å². The van der Waals surface area contributed by atoms with E-state index >= 15 is 0 Å². The molecule has 122 valence electrons. The van der Waals surface area contributed by atoms with Crippen molar-refractivity contribution < 1.29 is 19.0 Å². The van der Waals surface area contributed by atoms with Gasteiger partial charge in [0.05, 0.1) is 14.2 Å². The number of methoxy groups -OCH3 is 2. The molecular formula is C18H21NO4. The van der Waals surface area contributed by atoms with Crippen LogP contribution in [0.25, 0.3) is 0 Å². The smallest absolute Gasteiger partial charge is 0.262 e. The first-order valence-corrected chi connectivity index (χ1v) is 7.26. The van der Waals surface area contributed by atoms with E-state index in [1.165, 1.54) is 12.7 Å². The molecule has 0 aliphatic rings. The topological polar surface area (TPSA) is 56.8 Å². The highest BCUT2D eigenvalue weighted by Crippen LogP contribution is 2.36. The summed E-state index contributed by atoms with van der Waals surface area (Å²) in [5, 5.41) is 2.81. The van der Waals surface area contributed by atoms with Crippen molar-refractivity contribution in [3.8, 4) is 17.2 Å². The van der Waals surface area contributed by atoms with Gasteiger partial charge in [0.2, 0.25) is 5.75 Å². The fraction of sp³-hybridized carbons (Fsp3) is 0.278. The van der Waals surface area contributed by atoms with Crippen LogP contribution in [0.1, 0.15) is 11.1 Å². The normalized spacial score (nSPS) is 10.1. The van der Waals surface area contributed by atoms with Crippen LogP contribution in [0.15, 0.2) is 36.4 Å². The number of benzene rings is 2. The van der Waals surface area contributed by atoms with Crippen molar-refractivity contribution in [1.29, 1.82) is 0 Å². The standard InChI is InChI=1S/C18H21NO4/c1-12-8-9-14(10-13(12)2)19-17(20)11-23-16-7-5-6-15(21-3)18(16)22-4/h5-10H,11H2,1-4H3,(H,19,20). The average molecular weight is 315 g/mol. The SMILES string of the molecule is COc1cccc(OCC(=O)Nc2ccc(C)c(C)c2)c1OC. The molecule has 1 amide bonds. The molecule has 0 saturated heterocycles. The molecule has 0 saturated carbocycles. The van der Waals surface area contributed by atoms with E-state index in [-0.39, 0.29) is 12.5 Å². The van der Waals surface area contributed by atoms with Gasteiger partial charge in [0.1, 0.15) is 0 Å². The zero-order valence-corrected chi connectivity index (χ0v) is 13.8. The lowest BCUT2D eigenvalue weighted by molar-refractivity contribution is -0.118. The maximum Gasteiger partial charge on any atom is 0.262 e. The Balaban J connectivity index is 2.00. The first-order valence-electron chi connectivity index (χ1n) is 7.26. The van der Waals surface area contributed by atoms with Gasteiger partial charge in [0.15, 0.2) is 18.1 Å². The Morgan fingerprint density at radius 3 is 2.39 bits per heavy atom. The molecule has 5 nitrogen and oxygen atoms in total. The maximum absolute atomic E-state index is 12.0. The number of carbonyl (C=O) groups excluding carboxylic acids is 1. The second-order valence-electron chi connectivity index (χ2n) is 5.13. The molecule has 0 aliphatic carbocycles. The molecule has 0 atom stereocenters. The average Bonchev–Trinajstić information content (AvgIpc) is 2.55. The molecule has 0 spiro atoms. The van der Waals surface area contributed by atoms with Crippen LogP contribution in [0.5, 0.6) is 17.2 Å². The maximum atomic E-state index is 12.0. The minimum absolute atomic E-state index is 0.115. The minimum atomic E-state index is -0.238. The third-order valence-corrected chi connectivity index (χ3v) is 3.52. The molecule has 0 aromatic heterocycles. The van der Waals surface area contributed by atoms with Crippen LogP contribution < -0.4 is 19.5 Å². The Hall–Kier alpha value is -2.69. The Labute approximate surface area is 136 Å². The Bertz CT molecular complexity index is 697. The molecule has 0 fully saturated rings. The first-order chi connectivity index (χ1) is 11.0. The van der Waals surface area contributed by atoms with E-state index in [4.69, 9.17) is 14.2 Å². The van der Waals surface area contributed by atoms with Gasteiger partial charge >= 0.3 is 0 Å². The molecule has 5 heteroatoms. The molecule has 0 aliphatic heterocycles. The Morgan fingerprint density at radius 1 is 1.00 bits per heavy atom. The Kier molecular flexibility index (Phi) is 5.46. The second kappa shape index (κ2) is 7.54. The number of hydrogen-bond acceptors (Lipinski definition) is 4. The molecule has 2 rings (SSSR count). The largest absolute Gasteiger partial charge is 0.493 e. The molecule has 2 aromatic carbocycles. The zero-order chi connectivity index (χ0) is 16.8. The lowest BCUT2D eigenvalue weighted by Crippen LogP contribution is -2.20. The van der Waals surface area contributed by atoms with Crippen molar-refractivity contribution in [1.82, 2.24) is 0 Å². The van der Waals surface area contributed by atoms with Crippen molar-refractivity contribution >= 4 is 11.6 Å². The summed E-state index contributed by atoms with van der Waals surface area (Å²) in [7, 11) is 3.08. The van der Waals surface area contributed by atoms with Crippen molar-refractivity contribution in [2.75, 3.05) is 26.1 Å². The van der Waals surface area contributed by atoms with E-state index in [1.807, 2.05) is 32.0 Å². The molecule has 0 bridgehead atoms. The van der Waals surface area contributed by atoms with Gasteiger partial charge < -0.3 is 19.5 Å². The number of anilines is 1. The second-order valence-corrected chi connectivity index (χ2v) is 5.13. The summed E-state index contributed by atoms with van der Waals surface area (Å²) in [6, 6.07) is 11.0. The molecule has 1 N–H and O–H groups in total. The summed E-state index contributed by atoms with van der Waals surface area (Å²) in [5.74, 6) is 1.24. The van der Waals surface area contributed by atoms with Gasteiger partial charge in [-0.05, 0) is 49.2 Å². The third-order valence-electron chi connectivity index (χ3n) is 3.52. The van der Waals surface area contributed by atoms with E-state index in [9.17, 15) is 4.79 Å². The first kappa shape index (κ1) is 16.7. The fourth-order valence-electron chi connectivity index (χ4n) is 2.13. The zero-order valence-electron chi connectivity index (χ0n) is 13.8. The predicted molar refractivity (Wildman–Crippen MR) is 89.6 cm³/mol. The summed E-state index contributed by atoms with van der Waals surface area (Å²) in [4.78, 5) is 12.0. The number of para-hydroxylation sites is 1. The monoisotopic (exact) mass is 315 g/mol. The molecular weight excluding hydrogens is 294 g/mol. The number of amides is 1. The lowest BCUT2D eigenvalue weighted by Gasteiger charge is -2.13. The lowest BCUT2D eigenvalue weighted by atomic mass is 10.1. The summed E-state index contributed by atoms with van der Waals surface area (Å²) in [6.07, 6.45) is 0. The van der Waals surface area contributed by atoms with Crippen molar-refractivity contribution in [3.05, 3.63) is 47.5 Å². The van der Waals surface area contributed by atoms with Gasteiger partial charge in [-0.3, -0.25) is 4.79 Å². The molecule has 0 radical (unpaired) electrons. The predicted octanol–water partition coefficient (Wildman–Crippen LogP) is 3.34. The summed E-state index contributed by atoms with van der Waals surface area (Å²) in [5.41, 5.74) is 3.05. The van der Waals surface area contributed by atoms with Gasteiger partial charge in [-0.25, -0.2) is 0 Å². The van der Waals surface area contributed by atoms with E-state index in [1.54, 1.807) is 25.3 Å². The van der Waals surface area contributed by atoms with Gasteiger partial charge in [-0.1, -0.05) is 12.1 Å². The van der Waals surface area contributed by atoms with E-state index < -0.39 is 0 Å². The highest BCUT2D eigenvalue weighted by molar-refractivity contribution is 5.92. The van der Waals surface area contributed by atoms with Crippen LogP contribution in [0.2, 0.25) is 0 Å². The van der Waals surface area contributed by atoms with Crippen LogP contribution in [-0.2, 0) is 4.79 Å². The summed E-state index contributed by atoms with van der Waals surface area (Å²) in [6.45, 7) is 3.91. The van der Waals surface area contributed by atoms with E-state index in [2.05, 4.69) is 5.32 Å². The number of nitrogens with one attached hydrogen (secondary N) is 1. The highest BCUT2D eigenvalue weighted by atomic mass is 16.5. The number of hydrogen-bond donors (Lipinski definition) is 1. The Morgan fingerprint density at radius 2 is 1.74 bits per heavy atom. The summed E-state index contributed by atoms with van der Waals surface area (Å²) < 4.78 is 16.0. The van der Waals surface area contributed by atoms with Gasteiger partial charge in [0, 0.05) is 5.69 Å². The molecule has 23 heavy (non-hydrogen) atoms. The van der Waals surface area contributed by atoms with Crippen molar-refractivity contribution in [3.63, 3.8) is 0 Å². The molecule has 0 unspecified atom stereocenters. The number of carbonyl (C=O) groups is 1. The van der Waals surface area contributed by atoms with Crippen molar-refractivity contribution in [2.45, 2.75) is 13.8 Å². The van der Waals surface area contributed by atoms with Crippen LogP contribution in [0.4, 0.5) is 5.69 Å². The van der Waals surface area contributed by atoms with Crippen LogP contribution in [0, 0.1) is 13.8 Å². The number of rotatable bonds is 6. The fourth-order valence-corrected chi connectivity index (χ4v) is 2.13. The van der Waals surface area contributed by atoms with Gasteiger partial charge in [0.25, 0.3) is 5.91 Å². The molecule has 2 aromatic rings. The van der Waals surface area contributed by atoms with Crippen LogP contribution >= 0.6 is 0 Å². The quantitative estimate of drug-likeness (QED) is 0.888. The van der Waals surface area contributed by atoms with Crippen molar-refractivity contribution in [2.24, 2.45) is 0 Å².